The third-order valence-electron chi connectivity index (χ3n) is 5.43. The smallest absolute Gasteiger partial charge is 0.170 e. The molecule has 0 saturated carbocycles. The number of ether oxygens (including phenoxy) is 1. The van der Waals surface area contributed by atoms with E-state index in [4.69, 9.17) is 9.26 Å². The molecule has 1 aliphatic rings. The second-order valence-corrected chi connectivity index (χ2v) is 7.21. The van der Waals surface area contributed by atoms with Gasteiger partial charge in [-0.25, -0.2) is 4.39 Å². The summed E-state index contributed by atoms with van der Waals surface area (Å²) in [6.07, 6.45) is 0. The molecule has 5 nitrogen and oxygen atoms in total. The van der Waals surface area contributed by atoms with Gasteiger partial charge in [-0.3, -0.25) is 0 Å². The van der Waals surface area contributed by atoms with E-state index in [2.05, 4.69) is 22.2 Å². The van der Waals surface area contributed by atoms with Crippen LogP contribution in [0.2, 0.25) is 0 Å². The number of methoxy groups -OCH3 is 1. The number of nitrogens with zero attached hydrogens (tertiary/aromatic N) is 2. The van der Waals surface area contributed by atoms with Gasteiger partial charge in [-0.05, 0) is 43.3 Å². The highest BCUT2D eigenvalue weighted by Gasteiger charge is 2.24. The monoisotopic (exact) mass is 382 g/mol. The average Bonchev–Trinajstić information content (AvgIpc) is 3.09. The number of anilines is 1. The van der Waals surface area contributed by atoms with Crippen LogP contribution >= 0.6 is 0 Å². The topological polar surface area (TPSA) is 42.9 Å². The van der Waals surface area contributed by atoms with Crippen LogP contribution in [-0.2, 0) is 6.54 Å². The van der Waals surface area contributed by atoms with Crippen LogP contribution in [0.3, 0.4) is 0 Å². The normalized spacial score (nSPS) is 15.0. The molecule has 1 fully saturated rings. The average molecular weight is 382 g/mol. The first-order valence-electron chi connectivity index (χ1n) is 9.57. The molecular weight excluding hydrogens is 357 g/mol. The van der Waals surface area contributed by atoms with E-state index in [9.17, 15) is 4.39 Å². The molecule has 0 spiro atoms. The van der Waals surface area contributed by atoms with Gasteiger partial charge in [-0.1, -0.05) is 11.2 Å². The number of nitrogens with one attached hydrogen (secondary N) is 1. The second-order valence-electron chi connectivity index (χ2n) is 7.21. The van der Waals surface area contributed by atoms with Crippen molar-refractivity contribution in [3.8, 4) is 17.1 Å². The molecule has 0 radical (unpaired) electrons. The molecule has 146 valence electrons. The molecule has 2 heterocycles. The Hall–Kier alpha value is -2.86. The van der Waals surface area contributed by atoms with Crippen molar-refractivity contribution >= 4 is 5.69 Å². The van der Waals surface area contributed by atoms with Crippen LogP contribution in [0.15, 0.2) is 53.1 Å². The zero-order valence-electron chi connectivity index (χ0n) is 16.2. The molecule has 28 heavy (non-hydrogen) atoms. The molecule has 1 aliphatic heterocycles. The van der Waals surface area contributed by atoms with Gasteiger partial charge in [0.25, 0.3) is 0 Å². The number of halogens is 1. The van der Waals surface area contributed by atoms with Gasteiger partial charge in [0.05, 0.1) is 33.3 Å². The number of aromatic nitrogens is 1. The van der Waals surface area contributed by atoms with Gasteiger partial charge >= 0.3 is 0 Å². The number of benzene rings is 2. The Balaban J connectivity index is 1.39. The molecule has 1 saturated heterocycles. The number of hydrogen-bond donors (Lipinski definition) is 1. The SMILES string of the molecule is COc1cccc(N2CC[NH+](Cc3noc(-c4ccc(F)cc4)c3C)CC2)c1. The molecular formula is C22H25FN3O2+. The van der Waals surface area contributed by atoms with Crippen LogP contribution in [0.1, 0.15) is 11.3 Å². The molecule has 3 aromatic rings. The van der Waals surface area contributed by atoms with Gasteiger partial charge in [0.1, 0.15) is 23.8 Å². The third-order valence-corrected chi connectivity index (χ3v) is 5.43. The summed E-state index contributed by atoms with van der Waals surface area (Å²) >= 11 is 0. The predicted molar refractivity (Wildman–Crippen MR) is 106 cm³/mol. The van der Waals surface area contributed by atoms with Crippen molar-refractivity contribution in [2.45, 2.75) is 13.5 Å². The fourth-order valence-corrected chi connectivity index (χ4v) is 3.71. The number of quaternary nitrogens is 1. The van der Waals surface area contributed by atoms with Crippen molar-refractivity contribution in [1.29, 1.82) is 0 Å². The van der Waals surface area contributed by atoms with Crippen LogP contribution < -0.4 is 14.5 Å². The molecule has 6 heteroatoms. The first kappa shape index (κ1) is 18.5. The molecule has 1 aromatic heterocycles. The van der Waals surface area contributed by atoms with Gasteiger partial charge in [-0.15, -0.1) is 0 Å². The third kappa shape index (κ3) is 3.87. The first-order chi connectivity index (χ1) is 13.6. The maximum absolute atomic E-state index is 13.2. The zero-order valence-corrected chi connectivity index (χ0v) is 16.2. The summed E-state index contributed by atoms with van der Waals surface area (Å²) in [5.74, 6) is 1.36. The molecule has 0 atom stereocenters. The van der Waals surface area contributed by atoms with E-state index in [1.165, 1.54) is 22.7 Å². The molecule has 0 amide bonds. The second kappa shape index (κ2) is 8.02. The van der Waals surface area contributed by atoms with Crippen molar-refractivity contribution in [1.82, 2.24) is 5.16 Å². The quantitative estimate of drug-likeness (QED) is 0.737. The minimum Gasteiger partial charge on any atom is -0.497 e. The minimum absolute atomic E-state index is 0.250. The maximum atomic E-state index is 13.2. The van der Waals surface area contributed by atoms with Crippen LogP contribution in [0.4, 0.5) is 10.1 Å². The number of hydrogen-bond acceptors (Lipinski definition) is 4. The van der Waals surface area contributed by atoms with E-state index in [-0.39, 0.29) is 5.82 Å². The van der Waals surface area contributed by atoms with Gasteiger partial charge in [0, 0.05) is 22.9 Å². The van der Waals surface area contributed by atoms with Gasteiger partial charge in [0.2, 0.25) is 0 Å². The molecule has 4 rings (SSSR count). The predicted octanol–water partition coefficient (Wildman–Crippen LogP) is 2.70. The van der Waals surface area contributed by atoms with Crippen LogP contribution in [0.5, 0.6) is 5.75 Å². The molecule has 0 unspecified atom stereocenters. The number of rotatable bonds is 5. The van der Waals surface area contributed by atoms with Crippen molar-refractivity contribution in [2.24, 2.45) is 0 Å². The van der Waals surface area contributed by atoms with E-state index in [1.54, 1.807) is 19.2 Å². The Morgan fingerprint density at radius 1 is 1.14 bits per heavy atom. The lowest BCUT2D eigenvalue weighted by Gasteiger charge is -2.33. The summed E-state index contributed by atoms with van der Waals surface area (Å²) < 4.78 is 24.1. The lowest BCUT2D eigenvalue weighted by Crippen LogP contribution is -3.13. The Bertz CT molecular complexity index is 931. The fraction of sp³-hybridized carbons (Fsp3) is 0.318. The Kier molecular flexibility index (Phi) is 5.30. The standard InChI is InChI=1S/C22H24FN3O2/c1-16-21(24-28-22(16)17-6-8-18(23)9-7-17)15-25-10-12-26(13-11-25)19-4-3-5-20(14-19)27-2/h3-9,14H,10-13,15H2,1-2H3/p+1. The summed E-state index contributed by atoms with van der Waals surface area (Å²) in [6.45, 7) is 6.91. The largest absolute Gasteiger partial charge is 0.497 e. The molecule has 0 bridgehead atoms. The highest BCUT2D eigenvalue weighted by Crippen LogP contribution is 2.25. The maximum Gasteiger partial charge on any atom is 0.170 e. The summed E-state index contributed by atoms with van der Waals surface area (Å²) in [4.78, 5) is 3.88. The molecule has 2 aromatic carbocycles. The molecule has 1 N–H and O–H groups in total. The van der Waals surface area contributed by atoms with Crippen LogP contribution in [-0.4, -0.2) is 38.4 Å². The van der Waals surface area contributed by atoms with Gasteiger partial charge in [-0.2, -0.15) is 0 Å². The van der Waals surface area contributed by atoms with E-state index in [1.807, 2.05) is 19.1 Å². The van der Waals surface area contributed by atoms with E-state index in [0.29, 0.717) is 0 Å². The highest BCUT2D eigenvalue weighted by atomic mass is 19.1. The lowest BCUT2D eigenvalue weighted by atomic mass is 10.1. The van der Waals surface area contributed by atoms with Crippen molar-refractivity contribution in [2.75, 3.05) is 38.2 Å². The van der Waals surface area contributed by atoms with Gasteiger partial charge < -0.3 is 19.1 Å². The summed E-state index contributed by atoms with van der Waals surface area (Å²) in [5, 5.41) is 4.29. The van der Waals surface area contributed by atoms with Crippen LogP contribution in [0.25, 0.3) is 11.3 Å². The van der Waals surface area contributed by atoms with E-state index < -0.39 is 0 Å². The summed E-state index contributed by atoms with van der Waals surface area (Å²) in [7, 11) is 1.70. The Labute approximate surface area is 164 Å². The highest BCUT2D eigenvalue weighted by molar-refractivity contribution is 5.61. The Morgan fingerprint density at radius 3 is 2.61 bits per heavy atom. The van der Waals surface area contributed by atoms with E-state index in [0.717, 1.165) is 61.1 Å². The zero-order chi connectivity index (χ0) is 19.5. The summed E-state index contributed by atoms with van der Waals surface area (Å²) in [5.41, 5.74) is 4.07. The van der Waals surface area contributed by atoms with Crippen molar-refractivity contribution in [3.63, 3.8) is 0 Å². The Morgan fingerprint density at radius 2 is 1.89 bits per heavy atom. The van der Waals surface area contributed by atoms with Crippen molar-refractivity contribution < 1.29 is 18.6 Å². The van der Waals surface area contributed by atoms with Crippen molar-refractivity contribution in [3.05, 3.63) is 65.6 Å². The molecule has 0 aliphatic carbocycles. The lowest BCUT2D eigenvalue weighted by molar-refractivity contribution is -0.914. The minimum atomic E-state index is -0.250. The first-order valence-corrected chi connectivity index (χ1v) is 9.57. The van der Waals surface area contributed by atoms with E-state index >= 15 is 0 Å². The van der Waals surface area contributed by atoms with Crippen LogP contribution in [0, 0.1) is 12.7 Å². The summed E-state index contributed by atoms with van der Waals surface area (Å²) in [6, 6.07) is 14.6. The number of piperazine rings is 1. The fourth-order valence-electron chi connectivity index (χ4n) is 3.71. The van der Waals surface area contributed by atoms with Gasteiger partial charge in [0.15, 0.2) is 5.76 Å².